The summed E-state index contributed by atoms with van der Waals surface area (Å²) in [5, 5.41) is 0. The Labute approximate surface area is 111 Å². The largest absolute Gasteiger partial charge is 0.323 e. The number of hydrogen-bond donors (Lipinski definition) is 1. The first-order valence-corrected chi connectivity index (χ1v) is 6.63. The molecule has 1 atom stereocenters. The molecule has 1 nitrogen and oxygen atoms in total. The summed E-state index contributed by atoms with van der Waals surface area (Å²) in [5.74, 6) is 0.741. The summed E-state index contributed by atoms with van der Waals surface area (Å²) < 4.78 is 1.22. The van der Waals surface area contributed by atoms with Crippen molar-refractivity contribution in [2.24, 2.45) is 11.7 Å². The number of aryl methyl sites for hydroxylation is 1. The van der Waals surface area contributed by atoms with Crippen LogP contribution in [0.2, 0.25) is 0 Å². The zero-order chi connectivity index (χ0) is 10.7. The average molecular weight is 313 g/mol. The molecule has 0 unspecified atom stereocenters. The van der Waals surface area contributed by atoms with Crippen LogP contribution >= 0.6 is 39.7 Å². The maximum Gasteiger partial charge on any atom is 0.0731 e. The lowest BCUT2D eigenvalue weighted by Crippen LogP contribution is -2.09. The predicted molar refractivity (Wildman–Crippen MR) is 75.0 cm³/mol. The van der Waals surface area contributed by atoms with Crippen molar-refractivity contribution in [2.75, 3.05) is 0 Å². The quantitative estimate of drug-likeness (QED) is 0.858. The molecule has 1 aromatic rings. The van der Waals surface area contributed by atoms with Gasteiger partial charge in [-0.1, -0.05) is 13.8 Å². The Morgan fingerprint density at radius 1 is 1.40 bits per heavy atom. The van der Waals surface area contributed by atoms with E-state index >= 15 is 0 Å². The molecule has 0 radical (unpaired) electrons. The van der Waals surface area contributed by atoms with E-state index in [4.69, 9.17) is 5.73 Å². The van der Waals surface area contributed by atoms with Crippen molar-refractivity contribution in [3.8, 4) is 0 Å². The first-order valence-electron chi connectivity index (χ1n) is 5.02. The Morgan fingerprint density at radius 3 is 2.40 bits per heavy atom. The van der Waals surface area contributed by atoms with Crippen LogP contribution in [0.25, 0.3) is 0 Å². The molecule has 15 heavy (non-hydrogen) atoms. The lowest BCUT2D eigenvalue weighted by molar-refractivity contribution is 0.510. The fourth-order valence-electron chi connectivity index (χ4n) is 1.32. The molecule has 0 aliphatic heterocycles. The highest BCUT2D eigenvalue weighted by atomic mass is 79.9. The molecular formula is C11H19BrClNS. The van der Waals surface area contributed by atoms with Crippen molar-refractivity contribution >= 4 is 39.7 Å². The minimum Gasteiger partial charge on any atom is -0.323 e. The summed E-state index contributed by atoms with van der Waals surface area (Å²) >= 11 is 5.29. The van der Waals surface area contributed by atoms with Crippen LogP contribution in [-0.4, -0.2) is 0 Å². The molecular weight excluding hydrogens is 294 g/mol. The van der Waals surface area contributed by atoms with E-state index in [-0.39, 0.29) is 18.4 Å². The Bertz CT molecular complexity index is 279. The van der Waals surface area contributed by atoms with Crippen molar-refractivity contribution in [1.29, 1.82) is 0 Å². The van der Waals surface area contributed by atoms with Gasteiger partial charge in [0.05, 0.1) is 3.79 Å². The van der Waals surface area contributed by atoms with Gasteiger partial charge in [0.25, 0.3) is 0 Å². The van der Waals surface area contributed by atoms with E-state index in [0.29, 0.717) is 0 Å². The van der Waals surface area contributed by atoms with Gasteiger partial charge in [0.15, 0.2) is 0 Å². The number of hydrogen-bond acceptors (Lipinski definition) is 2. The van der Waals surface area contributed by atoms with Gasteiger partial charge in [-0.3, -0.25) is 0 Å². The Kier molecular flexibility index (Phi) is 7.09. The molecule has 1 heterocycles. The van der Waals surface area contributed by atoms with Gasteiger partial charge in [0, 0.05) is 10.9 Å². The Morgan fingerprint density at radius 2 is 2.00 bits per heavy atom. The number of halogens is 2. The van der Waals surface area contributed by atoms with Crippen LogP contribution in [0.1, 0.15) is 43.2 Å². The third kappa shape index (κ3) is 4.85. The second kappa shape index (κ2) is 6.89. The first-order chi connectivity index (χ1) is 6.50. The van der Waals surface area contributed by atoms with E-state index in [1.165, 1.54) is 20.6 Å². The molecule has 0 fully saturated rings. The van der Waals surface area contributed by atoms with E-state index in [1.54, 1.807) is 11.3 Å². The number of nitrogens with two attached hydrogens (primary N) is 1. The predicted octanol–water partition coefficient (Wildman–Crippen LogP) is 4.68. The maximum atomic E-state index is 6.12. The van der Waals surface area contributed by atoms with E-state index in [0.717, 1.165) is 12.3 Å². The summed E-state index contributed by atoms with van der Waals surface area (Å²) in [6.07, 6.45) is 2.29. The average Bonchev–Trinajstić information content (AvgIpc) is 2.43. The van der Waals surface area contributed by atoms with Crippen LogP contribution < -0.4 is 5.73 Å². The molecule has 4 heteroatoms. The standard InChI is InChI=1S/C11H18BrNS.ClH/c1-7(2)4-5-9(13)10-6-8(3)11(12)14-10;/h6-7,9H,4-5,13H2,1-3H3;1H/t9-;/m0./s1. The van der Waals surface area contributed by atoms with E-state index in [9.17, 15) is 0 Å². The number of thiophene rings is 1. The van der Waals surface area contributed by atoms with Gasteiger partial charge in [0.1, 0.15) is 0 Å². The maximum absolute atomic E-state index is 6.12. The number of rotatable bonds is 4. The lowest BCUT2D eigenvalue weighted by atomic mass is 10.0. The molecule has 0 saturated carbocycles. The summed E-state index contributed by atoms with van der Waals surface area (Å²) in [6.45, 7) is 6.59. The Hall–Kier alpha value is 0.430. The second-order valence-electron chi connectivity index (χ2n) is 4.18. The van der Waals surface area contributed by atoms with Gasteiger partial charge < -0.3 is 5.73 Å². The van der Waals surface area contributed by atoms with Gasteiger partial charge in [-0.2, -0.15) is 0 Å². The Balaban J connectivity index is 0.00000196. The summed E-state index contributed by atoms with van der Waals surface area (Å²) in [7, 11) is 0. The molecule has 0 aromatic carbocycles. The summed E-state index contributed by atoms with van der Waals surface area (Å²) in [6, 6.07) is 2.41. The molecule has 0 aliphatic rings. The van der Waals surface area contributed by atoms with Gasteiger partial charge in [-0.15, -0.1) is 23.7 Å². The van der Waals surface area contributed by atoms with Gasteiger partial charge in [-0.05, 0) is 53.2 Å². The van der Waals surface area contributed by atoms with E-state index < -0.39 is 0 Å². The molecule has 0 saturated heterocycles. The molecule has 0 bridgehead atoms. The normalized spacial score (nSPS) is 12.7. The highest BCUT2D eigenvalue weighted by molar-refractivity contribution is 9.11. The third-order valence-electron chi connectivity index (χ3n) is 2.30. The van der Waals surface area contributed by atoms with Crippen LogP contribution in [-0.2, 0) is 0 Å². The molecule has 2 N–H and O–H groups in total. The minimum absolute atomic E-state index is 0. The van der Waals surface area contributed by atoms with Gasteiger partial charge in [-0.25, -0.2) is 0 Å². The van der Waals surface area contributed by atoms with Crippen molar-refractivity contribution in [3.63, 3.8) is 0 Å². The van der Waals surface area contributed by atoms with E-state index in [2.05, 4.69) is 42.8 Å². The molecule has 1 rings (SSSR count). The van der Waals surface area contributed by atoms with Crippen LogP contribution in [0, 0.1) is 12.8 Å². The highest BCUT2D eigenvalue weighted by Crippen LogP contribution is 2.32. The monoisotopic (exact) mass is 311 g/mol. The smallest absolute Gasteiger partial charge is 0.0731 e. The van der Waals surface area contributed by atoms with Crippen molar-refractivity contribution in [3.05, 3.63) is 20.3 Å². The lowest BCUT2D eigenvalue weighted by Gasteiger charge is -2.10. The van der Waals surface area contributed by atoms with Crippen LogP contribution in [0.15, 0.2) is 9.85 Å². The summed E-state index contributed by atoms with van der Waals surface area (Å²) in [4.78, 5) is 1.30. The first kappa shape index (κ1) is 15.4. The molecule has 1 aromatic heterocycles. The van der Waals surface area contributed by atoms with Gasteiger partial charge >= 0.3 is 0 Å². The van der Waals surface area contributed by atoms with E-state index in [1.807, 2.05) is 0 Å². The minimum atomic E-state index is 0. The molecule has 0 amide bonds. The zero-order valence-electron chi connectivity index (χ0n) is 9.42. The molecule has 88 valence electrons. The highest BCUT2D eigenvalue weighted by Gasteiger charge is 2.11. The van der Waals surface area contributed by atoms with Crippen LogP contribution in [0.4, 0.5) is 0 Å². The SMILES string of the molecule is Cc1cc([C@@H](N)CCC(C)C)sc1Br.Cl. The zero-order valence-corrected chi connectivity index (χ0v) is 12.6. The second-order valence-corrected chi connectivity index (χ2v) is 6.58. The summed E-state index contributed by atoms with van der Waals surface area (Å²) in [5.41, 5.74) is 7.41. The third-order valence-corrected chi connectivity index (χ3v) is 4.57. The fraction of sp³-hybridized carbons (Fsp3) is 0.636. The molecule has 0 spiro atoms. The van der Waals surface area contributed by atoms with Crippen LogP contribution in [0.3, 0.4) is 0 Å². The van der Waals surface area contributed by atoms with Crippen molar-refractivity contribution in [2.45, 2.75) is 39.7 Å². The van der Waals surface area contributed by atoms with Crippen molar-refractivity contribution < 1.29 is 0 Å². The van der Waals surface area contributed by atoms with Crippen molar-refractivity contribution in [1.82, 2.24) is 0 Å². The van der Waals surface area contributed by atoms with Gasteiger partial charge in [0.2, 0.25) is 0 Å². The fourth-order valence-corrected chi connectivity index (χ4v) is 2.93. The topological polar surface area (TPSA) is 26.0 Å². The molecule has 0 aliphatic carbocycles. The van der Waals surface area contributed by atoms with Crippen LogP contribution in [0.5, 0.6) is 0 Å².